The van der Waals surface area contributed by atoms with Crippen LogP contribution in [-0.2, 0) is 6.54 Å². The Morgan fingerprint density at radius 3 is 2.80 bits per heavy atom. The lowest BCUT2D eigenvalue weighted by Crippen LogP contribution is -2.44. The predicted octanol–water partition coefficient (Wildman–Crippen LogP) is 3.43. The van der Waals surface area contributed by atoms with Gasteiger partial charge in [0.1, 0.15) is 11.5 Å². The van der Waals surface area contributed by atoms with Gasteiger partial charge in [-0.05, 0) is 63.7 Å². The van der Waals surface area contributed by atoms with Crippen molar-refractivity contribution >= 4 is 0 Å². The summed E-state index contributed by atoms with van der Waals surface area (Å²) in [6, 6.07) is 4.83. The van der Waals surface area contributed by atoms with E-state index in [2.05, 4.69) is 37.2 Å². The van der Waals surface area contributed by atoms with Gasteiger partial charge in [-0.2, -0.15) is 0 Å². The Labute approximate surface area is 123 Å². The molecule has 0 aromatic carbocycles. The van der Waals surface area contributed by atoms with Crippen LogP contribution in [0.15, 0.2) is 16.5 Å². The molecule has 1 aromatic rings. The van der Waals surface area contributed by atoms with Crippen LogP contribution in [0.4, 0.5) is 0 Å². The van der Waals surface area contributed by atoms with Crippen LogP contribution in [0.25, 0.3) is 0 Å². The third-order valence-electron chi connectivity index (χ3n) is 4.48. The first kappa shape index (κ1) is 15.6. The Hall–Kier alpha value is -0.800. The molecular formula is C17H30N2O. The fraction of sp³-hybridized carbons (Fsp3) is 0.765. The number of furan rings is 1. The molecule has 0 saturated heterocycles. The zero-order valence-corrected chi connectivity index (χ0v) is 13.5. The lowest BCUT2D eigenvalue weighted by atomic mass is 9.78. The molecule has 0 spiro atoms. The second kappa shape index (κ2) is 7.28. The Kier molecular flexibility index (Phi) is 5.67. The first-order valence-electron chi connectivity index (χ1n) is 8.05. The molecule has 2 rings (SSSR count). The smallest absolute Gasteiger partial charge is 0.118 e. The summed E-state index contributed by atoms with van der Waals surface area (Å²) in [6.07, 6.45) is 4.04. The Balaban J connectivity index is 1.88. The fourth-order valence-corrected chi connectivity index (χ4v) is 3.53. The van der Waals surface area contributed by atoms with E-state index >= 15 is 0 Å². The summed E-state index contributed by atoms with van der Waals surface area (Å²) < 4.78 is 5.68. The van der Waals surface area contributed by atoms with Gasteiger partial charge in [-0.3, -0.25) is 4.90 Å². The van der Waals surface area contributed by atoms with Crippen LogP contribution >= 0.6 is 0 Å². The summed E-state index contributed by atoms with van der Waals surface area (Å²) in [6.45, 7) is 9.76. The van der Waals surface area contributed by atoms with Crippen molar-refractivity contribution < 1.29 is 4.42 Å². The molecule has 0 aliphatic heterocycles. The number of hydrogen-bond donors (Lipinski definition) is 1. The molecule has 114 valence electrons. The van der Waals surface area contributed by atoms with Gasteiger partial charge in [0.15, 0.2) is 0 Å². The van der Waals surface area contributed by atoms with Crippen molar-refractivity contribution in [3.8, 4) is 0 Å². The first-order valence-corrected chi connectivity index (χ1v) is 8.05. The van der Waals surface area contributed by atoms with Crippen LogP contribution in [0.3, 0.4) is 0 Å². The monoisotopic (exact) mass is 278 g/mol. The van der Waals surface area contributed by atoms with Crippen LogP contribution in [0, 0.1) is 18.8 Å². The quantitative estimate of drug-likeness (QED) is 0.864. The lowest BCUT2D eigenvalue weighted by Gasteiger charge is -2.37. The Bertz CT molecular complexity index is 401. The van der Waals surface area contributed by atoms with Crippen LogP contribution in [0.1, 0.15) is 44.6 Å². The summed E-state index contributed by atoms with van der Waals surface area (Å²) in [4.78, 5) is 2.41. The van der Waals surface area contributed by atoms with Crippen molar-refractivity contribution in [1.82, 2.24) is 10.2 Å². The van der Waals surface area contributed by atoms with Crippen LogP contribution in [-0.4, -0.2) is 31.1 Å². The van der Waals surface area contributed by atoms with E-state index in [0.29, 0.717) is 6.04 Å². The Morgan fingerprint density at radius 2 is 2.15 bits per heavy atom. The van der Waals surface area contributed by atoms with Crippen molar-refractivity contribution in [2.24, 2.45) is 11.8 Å². The van der Waals surface area contributed by atoms with E-state index in [9.17, 15) is 0 Å². The Morgan fingerprint density at radius 1 is 1.35 bits per heavy atom. The third-order valence-corrected chi connectivity index (χ3v) is 4.48. The molecule has 3 heteroatoms. The summed E-state index contributed by atoms with van der Waals surface area (Å²) in [5, 5.41) is 3.68. The average molecular weight is 278 g/mol. The summed E-state index contributed by atoms with van der Waals surface area (Å²) in [5.74, 6) is 3.72. The molecule has 1 heterocycles. The van der Waals surface area contributed by atoms with Crippen LogP contribution in [0.5, 0.6) is 0 Å². The number of rotatable bonds is 6. The van der Waals surface area contributed by atoms with Gasteiger partial charge >= 0.3 is 0 Å². The molecule has 0 amide bonds. The molecule has 3 nitrogen and oxygen atoms in total. The molecule has 0 bridgehead atoms. The maximum atomic E-state index is 5.68. The highest BCUT2D eigenvalue weighted by molar-refractivity contribution is 5.05. The highest BCUT2D eigenvalue weighted by atomic mass is 16.3. The normalized spacial score (nSPS) is 27.1. The van der Waals surface area contributed by atoms with Gasteiger partial charge in [0.05, 0.1) is 6.54 Å². The zero-order valence-electron chi connectivity index (χ0n) is 13.5. The molecule has 1 N–H and O–H groups in total. The maximum absolute atomic E-state index is 5.68. The highest BCUT2D eigenvalue weighted by Gasteiger charge is 2.28. The molecule has 3 unspecified atom stereocenters. The van der Waals surface area contributed by atoms with E-state index < -0.39 is 0 Å². The number of aryl methyl sites for hydroxylation is 1. The second-order valence-electron chi connectivity index (χ2n) is 6.55. The topological polar surface area (TPSA) is 28.4 Å². The van der Waals surface area contributed by atoms with E-state index in [1.807, 2.05) is 13.0 Å². The second-order valence-corrected chi connectivity index (χ2v) is 6.55. The van der Waals surface area contributed by atoms with Gasteiger partial charge in [-0.25, -0.2) is 0 Å². The molecule has 3 atom stereocenters. The van der Waals surface area contributed by atoms with Crippen LogP contribution < -0.4 is 5.32 Å². The van der Waals surface area contributed by atoms with Crippen LogP contribution in [0.2, 0.25) is 0 Å². The molecular weight excluding hydrogens is 248 g/mol. The summed E-state index contributed by atoms with van der Waals surface area (Å²) in [7, 11) is 2.21. The molecule has 1 aliphatic carbocycles. The van der Waals surface area contributed by atoms with E-state index in [1.165, 1.54) is 19.3 Å². The van der Waals surface area contributed by atoms with E-state index in [-0.39, 0.29) is 0 Å². The van der Waals surface area contributed by atoms with Gasteiger partial charge in [-0.1, -0.05) is 13.8 Å². The maximum Gasteiger partial charge on any atom is 0.118 e. The van der Waals surface area contributed by atoms with Gasteiger partial charge in [-0.15, -0.1) is 0 Å². The summed E-state index contributed by atoms with van der Waals surface area (Å²) in [5.41, 5.74) is 0. The van der Waals surface area contributed by atoms with E-state index in [1.54, 1.807) is 0 Å². The minimum Gasteiger partial charge on any atom is -0.465 e. The molecule has 1 aromatic heterocycles. The van der Waals surface area contributed by atoms with Crippen molar-refractivity contribution in [3.05, 3.63) is 23.7 Å². The fourth-order valence-electron chi connectivity index (χ4n) is 3.53. The van der Waals surface area contributed by atoms with Crippen molar-refractivity contribution in [2.75, 3.05) is 20.1 Å². The highest BCUT2D eigenvalue weighted by Crippen LogP contribution is 2.29. The van der Waals surface area contributed by atoms with Crippen molar-refractivity contribution in [3.63, 3.8) is 0 Å². The summed E-state index contributed by atoms with van der Waals surface area (Å²) >= 11 is 0. The predicted molar refractivity (Wildman–Crippen MR) is 83.7 cm³/mol. The number of hydrogen-bond acceptors (Lipinski definition) is 3. The SMILES string of the molecule is CCNC1CCC(C)CC1CN(C)Cc1ccc(C)o1. The van der Waals surface area contributed by atoms with Crippen molar-refractivity contribution in [2.45, 2.75) is 52.6 Å². The van der Waals surface area contributed by atoms with E-state index in [0.717, 1.165) is 43.0 Å². The van der Waals surface area contributed by atoms with Gasteiger partial charge in [0.25, 0.3) is 0 Å². The third kappa shape index (κ3) is 4.35. The van der Waals surface area contributed by atoms with Gasteiger partial charge in [0.2, 0.25) is 0 Å². The average Bonchev–Trinajstić information content (AvgIpc) is 2.78. The minimum absolute atomic E-state index is 0.692. The molecule has 1 saturated carbocycles. The number of nitrogens with zero attached hydrogens (tertiary/aromatic N) is 1. The first-order chi connectivity index (χ1) is 9.58. The standard InChI is InChI=1S/C17H30N2O/c1-5-18-17-9-6-13(2)10-15(17)11-19(4)12-16-8-7-14(3)20-16/h7-8,13,15,17-18H,5-6,9-12H2,1-4H3. The number of nitrogens with one attached hydrogen (secondary N) is 1. The molecule has 20 heavy (non-hydrogen) atoms. The van der Waals surface area contributed by atoms with Gasteiger partial charge < -0.3 is 9.73 Å². The molecule has 1 fully saturated rings. The zero-order chi connectivity index (χ0) is 14.5. The lowest BCUT2D eigenvalue weighted by molar-refractivity contribution is 0.153. The molecule has 0 radical (unpaired) electrons. The van der Waals surface area contributed by atoms with Crippen molar-refractivity contribution in [1.29, 1.82) is 0 Å². The minimum atomic E-state index is 0.692. The largest absolute Gasteiger partial charge is 0.465 e. The van der Waals surface area contributed by atoms with Gasteiger partial charge in [0, 0.05) is 12.6 Å². The van der Waals surface area contributed by atoms with E-state index in [4.69, 9.17) is 4.42 Å². The molecule has 1 aliphatic rings.